The van der Waals surface area contributed by atoms with E-state index in [0.717, 1.165) is 10.9 Å². The largest absolute Gasteiger partial charge is 0.325 e. The third kappa shape index (κ3) is 1.41. The molecule has 2 atom stereocenters. The Morgan fingerprint density at radius 1 is 1.58 bits per heavy atom. The molecular formula is C10H12BrN. The molecule has 1 nitrogen and oxygen atoms in total. The minimum atomic E-state index is 0.0425. The maximum Gasteiger partial charge on any atom is 0.0202 e. The molecule has 1 aliphatic carbocycles. The van der Waals surface area contributed by atoms with E-state index in [1.807, 2.05) is 6.07 Å². The molecule has 2 N–H and O–H groups in total. The average Bonchev–Trinajstić information content (AvgIpc) is 2.60. The minimum absolute atomic E-state index is 0.0425. The van der Waals surface area contributed by atoms with Gasteiger partial charge in [0.15, 0.2) is 0 Å². The predicted octanol–water partition coefficient (Wildman–Crippen LogP) is 2.65. The van der Waals surface area contributed by atoms with Crippen LogP contribution < -0.4 is 5.73 Å². The first-order chi connectivity index (χ1) is 5.59. The van der Waals surface area contributed by atoms with Crippen LogP contribution in [0.15, 0.2) is 28.7 Å². The molecule has 64 valence electrons. The zero-order valence-electron chi connectivity index (χ0n) is 7.05. The highest BCUT2D eigenvalue weighted by atomic mass is 79.9. The van der Waals surface area contributed by atoms with E-state index in [9.17, 15) is 0 Å². The van der Waals surface area contributed by atoms with Crippen molar-refractivity contribution >= 4 is 15.9 Å². The molecular weight excluding hydrogens is 214 g/mol. The third-order valence-corrected chi connectivity index (χ3v) is 3.02. The fraction of sp³-hybridized carbons (Fsp3) is 0.400. The molecule has 1 aromatic rings. The summed E-state index contributed by atoms with van der Waals surface area (Å²) in [6, 6.07) is 8.41. The smallest absolute Gasteiger partial charge is 0.0202 e. The molecule has 1 saturated carbocycles. The zero-order valence-corrected chi connectivity index (χ0v) is 8.64. The summed E-state index contributed by atoms with van der Waals surface area (Å²) < 4.78 is 1.14. The fourth-order valence-corrected chi connectivity index (χ4v) is 2.02. The summed E-state index contributed by atoms with van der Waals surface area (Å²) in [4.78, 5) is 0. The van der Waals surface area contributed by atoms with Crippen LogP contribution in [0, 0.1) is 0 Å². The average molecular weight is 226 g/mol. The number of hydrogen-bond acceptors (Lipinski definition) is 1. The van der Waals surface area contributed by atoms with Crippen LogP contribution in [0.5, 0.6) is 0 Å². The van der Waals surface area contributed by atoms with Crippen LogP contribution in [0.2, 0.25) is 0 Å². The summed E-state index contributed by atoms with van der Waals surface area (Å²) in [5, 5.41) is 0. The highest BCUT2D eigenvalue weighted by Crippen LogP contribution is 2.49. The van der Waals surface area contributed by atoms with Gasteiger partial charge in [-0.1, -0.05) is 28.1 Å². The van der Waals surface area contributed by atoms with E-state index in [0.29, 0.717) is 5.92 Å². The highest BCUT2D eigenvalue weighted by Gasteiger charge is 2.47. The normalized spacial score (nSPS) is 33.4. The molecule has 1 fully saturated rings. The Balaban J connectivity index is 2.26. The van der Waals surface area contributed by atoms with Gasteiger partial charge in [0.25, 0.3) is 0 Å². The second-order valence-corrected chi connectivity index (χ2v) is 4.73. The molecule has 0 spiro atoms. The van der Waals surface area contributed by atoms with E-state index in [2.05, 4.69) is 41.1 Å². The van der Waals surface area contributed by atoms with Crippen molar-refractivity contribution in [1.29, 1.82) is 0 Å². The van der Waals surface area contributed by atoms with E-state index >= 15 is 0 Å². The van der Waals surface area contributed by atoms with Gasteiger partial charge in [0.2, 0.25) is 0 Å². The van der Waals surface area contributed by atoms with Crippen LogP contribution in [0.1, 0.15) is 24.8 Å². The summed E-state index contributed by atoms with van der Waals surface area (Å²) in [7, 11) is 0. The van der Waals surface area contributed by atoms with Gasteiger partial charge in [0, 0.05) is 15.9 Å². The minimum Gasteiger partial charge on any atom is -0.325 e. The van der Waals surface area contributed by atoms with Gasteiger partial charge in [-0.05, 0) is 31.0 Å². The van der Waals surface area contributed by atoms with E-state index < -0.39 is 0 Å². The molecule has 0 aliphatic heterocycles. The summed E-state index contributed by atoms with van der Waals surface area (Å²) >= 11 is 3.45. The van der Waals surface area contributed by atoms with Crippen molar-refractivity contribution in [2.45, 2.75) is 24.8 Å². The van der Waals surface area contributed by atoms with Crippen LogP contribution in [-0.2, 0) is 0 Å². The van der Waals surface area contributed by atoms with Crippen molar-refractivity contribution in [1.82, 2.24) is 0 Å². The summed E-state index contributed by atoms with van der Waals surface area (Å²) in [6.07, 6.45) is 1.11. The van der Waals surface area contributed by atoms with Crippen molar-refractivity contribution in [3.63, 3.8) is 0 Å². The molecule has 0 bridgehead atoms. The van der Waals surface area contributed by atoms with Crippen molar-refractivity contribution in [3.05, 3.63) is 34.3 Å². The molecule has 0 aromatic heterocycles. The third-order valence-electron chi connectivity index (χ3n) is 2.53. The topological polar surface area (TPSA) is 26.0 Å². The maximum absolute atomic E-state index is 5.98. The van der Waals surface area contributed by atoms with Crippen LogP contribution >= 0.6 is 15.9 Å². The summed E-state index contributed by atoms with van der Waals surface area (Å²) in [6.45, 7) is 2.11. The van der Waals surface area contributed by atoms with E-state index in [1.165, 1.54) is 5.56 Å². The standard InChI is InChI=1S/C10H12BrN/c1-10(12)6-9(10)7-3-2-4-8(11)5-7/h2-5,9H,6,12H2,1H3. The van der Waals surface area contributed by atoms with Gasteiger partial charge in [0.1, 0.15) is 0 Å². The second-order valence-electron chi connectivity index (χ2n) is 3.82. The molecule has 2 unspecified atom stereocenters. The Labute approximate surface area is 81.1 Å². The Bertz CT molecular complexity index is 306. The number of benzene rings is 1. The number of rotatable bonds is 1. The number of nitrogens with two attached hydrogens (primary N) is 1. The summed E-state index contributed by atoms with van der Waals surface area (Å²) in [5.41, 5.74) is 7.37. The lowest BCUT2D eigenvalue weighted by atomic mass is 10.1. The lowest BCUT2D eigenvalue weighted by molar-refractivity contribution is 0.727. The van der Waals surface area contributed by atoms with E-state index in [-0.39, 0.29) is 5.54 Å². The molecule has 0 saturated heterocycles. The van der Waals surface area contributed by atoms with Crippen molar-refractivity contribution in [2.75, 3.05) is 0 Å². The molecule has 1 aliphatic rings. The first kappa shape index (κ1) is 8.27. The molecule has 0 heterocycles. The quantitative estimate of drug-likeness (QED) is 0.782. The van der Waals surface area contributed by atoms with Gasteiger partial charge < -0.3 is 5.73 Å². The van der Waals surface area contributed by atoms with Crippen molar-refractivity contribution < 1.29 is 0 Å². The Morgan fingerprint density at radius 2 is 2.25 bits per heavy atom. The molecule has 1 aromatic carbocycles. The molecule has 12 heavy (non-hydrogen) atoms. The van der Waals surface area contributed by atoms with Crippen molar-refractivity contribution in [3.8, 4) is 0 Å². The summed E-state index contributed by atoms with van der Waals surface area (Å²) in [5.74, 6) is 0.565. The monoisotopic (exact) mass is 225 g/mol. The van der Waals surface area contributed by atoms with Gasteiger partial charge in [-0.15, -0.1) is 0 Å². The van der Waals surface area contributed by atoms with E-state index in [1.54, 1.807) is 0 Å². The van der Waals surface area contributed by atoms with Crippen molar-refractivity contribution in [2.24, 2.45) is 5.73 Å². The molecule has 2 heteroatoms. The molecule has 0 amide bonds. The lowest BCUT2D eigenvalue weighted by Crippen LogP contribution is -2.18. The maximum atomic E-state index is 5.98. The SMILES string of the molecule is CC1(N)CC1c1cccc(Br)c1. The van der Waals surface area contributed by atoms with Gasteiger partial charge >= 0.3 is 0 Å². The predicted molar refractivity (Wildman–Crippen MR) is 54.1 cm³/mol. The van der Waals surface area contributed by atoms with Gasteiger partial charge in [-0.25, -0.2) is 0 Å². The van der Waals surface area contributed by atoms with E-state index in [4.69, 9.17) is 5.73 Å². The van der Waals surface area contributed by atoms with Gasteiger partial charge in [-0.2, -0.15) is 0 Å². The van der Waals surface area contributed by atoms with Gasteiger partial charge in [0.05, 0.1) is 0 Å². The van der Waals surface area contributed by atoms with Gasteiger partial charge in [-0.3, -0.25) is 0 Å². The number of halogens is 1. The first-order valence-corrected chi connectivity index (χ1v) is 4.93. The van der Waals surface area contributed by atoms with Crippen LogP contribution in [0.25, 0.3) is 0 Å². The highest BCUT2D eigenvalue weighted by molar-refractivity contribution is 9.10. The zero-order chi connectivity index (χ0) is 8.77. The number of hydrogen-bond donors (Lipinski definition) is 1. The first-order valence-electron chi connectivity index (χ1n) is 4.14. The fourth-order valence-electron chi connectivity index (χ4n) is 1.60. The molecule has 0 radical (unpaired) electrons. The Morgan fingerprint density at radius 3 is 2.75 bits per heavy atom. The Hall–Kier alpha value is -0.340. The molecule has 2 rings (SSSR count). The van der Waals surface area contributed by atoms with Crippen LogP contribution in [0.4, 0.5) is 0 Å². The van der Waals surface area contributed by atoms with Crippen LogP contribution in [0.3, 0.4) is 0 Å². The lowest BCUT2D eigenvalue weighted by Gasteiger charge is -2.03. The Kier molecular flexibility index (Phi) is 1.77. The second kappa shape index (κ2) is 2.57. The van der Waals surface area contributed by atoms with Crippen LogP contribution in [-0.4, -0.2) is 5.54 Å².